The minimum Gasteiger partial charge on any atom is -0.298 e. The Morgan fingerprint density at radius 2 is 2.20 bits per heavy atom. The quantitative estimate of drug-likeness (QED) is 0.544. The predicted octanol–water partition coefficient (Wildman–Crippen LogP) is 2.25. The summed E-state index contributed by atoms with van der Waals surface area (Å²) in [5.74, 6) is 0.477. The Hall–Kier alpha value is 0.0200. The first-order valence-corrected chi connectivity index (χ1v) is 5.19. The molecule has 0 bridgehead atoms. The van der Waals surface area contributed by atoms with Crippen molar-refractivity contribution in [3.8, 4) is 0 Å². The summed E-state index contributed by atoms with van der Waals surface area (Å²) in [6.45, 7) is 0. The van der Waals surface area contributed by atoms with E-state index in [4.69, 9.17) is 0 Å². The van der Waals surface area contributed by atoms with E-state index < -0.39 is 0 Å². The van der Waals surface area contributed by atoms with Gasteiger partial charge < -0.3 is 0 Å². The Morgan fingerprint density at radius 3 is 2.90 bits per heavy atom. The van der Waals surface area contributed by atoms with Crippen molar-refractivity contribution >= 4 is 17.5 Å². The molecule has 1 saturated carbocycles. The van der Waals surface area contributed by atoms with Crippen LogP contribution in [-0.2, 0) is 4.79 Å². The lowest BCUT2D eigenvalue weighted by molar-refractivity contribution is -0.118. The molecule has 0 amide bonds. The average Bonchev–Trinajstić information content (AvgIpc) is 2.13. The molecule has 1 rings (SSSR count). The molecule has 0 aromatic carbocycles. The molecule has 2 heteroatoms. The molecule has 1 aliphatic rings. The van der Waals surface area contributed by atoms with E-state index in [0.717, 1.165) is 19.3 Å². The maximum atomic E-state index is 11.2. The minimum absolute atomic E-state index is 0.322. The van der Waals surface area contributed by atoms with Crippen LogP contribution in [0, 0.1) is 0 Å². The van der Waals surface area contributed by atoms with Crippen LogP contribution in [-0.4, -0.2) is 17.3 Å². The van der Waals surface area contributed by atoms with E-state index in [2.05, 4.69) is 0 Å². The maximum Gasteiger partial charge on any atom is 0.145 e. The van der Waals surface area contributed by atoms with Gasteiger partial charge in [0.15, 0.2) is 0 Å². The van der Waals surface area contributed by atoms with Crippen LogP contribution >= 0.6 is 11.8 Å². The monoisotopic (exact) mass is 158 g/mol. The first-order valence-electron chi connectivity index (χ1n) is 3.90. The van der Waals surface area contributed by atoms with Gasteiger partial charge in [0.2, 0.25) is 0 Å². The molecule has 0 aromatic rings. The number of Topliss-reactive ketones (excluding diaryl/α,β-unsaturated/α-hetero) is 1. The standard InChI is InChI=1S/C8H14OS/c1-10-8-6-4-2-3-5-7(8)9/h8H,2-6H2,1H3. The fourth-order valence-corrected chi connectivity index (χ4v) is 2.16. The Morgan fingerprint density at radius 1 is 1.40 bits per heavy atom. The van der Waals surface area contributed by atoms with Crippen LogP contribution in [0.15, 0.2) is 0 Å². The highest BCUT2D eigenvalue weighted by Gasteiger charge is 2.18. The number of rotatable bonds is 1. The first kappa shape index (κ1) is 8.12. The summed E-state index contributed by atoms with van der Waals surface area (Å²) in [6, 6.07) is 0. The second kappa shape index (κ2) is 4.02. The maximum absolute atomic E-state index is 11.2. The van der Waals surface area contributed by atoms with Crippen molar-refractivity contribution in [2.75, 3.05) is 6.26 Å². The van der Waals surface area contributed by atoms with Crippen molar-refractivity contribution in [2.24, 2.45) is 0 Å². The fraction of sp³-hybridized carbons (Fsp3) is 0.875. The zero-order chi connectivity index (χ0) is 7.40. The lowest BCUT2D eigenvalue weighted by atomic mass is 10.2. The van der Waals surface area contributed by atoms with Crippen molar-refractivity contribution in [2.45, 2.75) is 37.4 Å². The van der Waals surface area contributed by atoms with Crippen LogP contribution in [0.4, 0.5) is 0 Å². The third kappa shape index (κ3) is 2.01. The fourth-order valence-electron chi connectivity index (χ4n) is 1.38. The van der Waals surface area contributed by atoms with Gasteiger partial charge in [0.1, 0.15) is 5.78 Å². The van der Waals surface area contributed by atoms with E-state index >= 15 is 0 Å². The van der Waals surface area contributed by atoms with Gasteiger partial charge in [-0.25, -0.2) is 0 Å². The van der Waals surface area contributed by atoms with E-state index in [0.29, 0.717) is 11.0 Å². The van der Waals surface area contributed by atoms with Crippen LogP contribution in [0.5, 0.6) is 0 Å². The average molecular weight is 158 g/mol. The number of carbonyl (C=O) groups is 1. The highest BCUT2D eigenvalue weighted by Crippen LogP contribution is 2.22. The smallest absolute Gasteiger partial charge is 0.145 e. The van der Waals surface area contributed by atoms with Crippen molar-refractivity contribution in [3.05, 3.63) is 0 Å². The Labute approximate surface area is 66.6 Å². The molecule has 0 heterocycles. The van der Waals surface area contributed by atoms with Gasteiger partial charge in [-0.1, -0.05) is 12.8 Å². The largest absolute Gasteiger partial charge is 0.298 e. The molecule has 0 radical (unpaired) electrons. The van der Waals surface area contributed by atoms with Gasteiger partial charge in [-0.3, -0.25) is 4.79 Å². The predicted molar refractivity (Wildman–Crippen MR) is 45.4 cm³/mol. The summed E-state index contributed by atoms with van der Waals surface area (Å²) < 4.78 is 0. The first-order chi connectivity index (χ1) is 4.84. The van der Waals surface area contributed by atoms with Gasteiger partial charge in [0, 0.05) is 6.42 Å². The molecule has 0 saturated heterocycles. The molecule has 58 valence electrons. The summed E-state index contributed by atoms with van der Waals surface area (Å²) in [5, 5.41) is 0.322. The lowest BCUT2D eigenvalue weighted by Gasteiger charge is -2.07. The molecule has 1 nitrogen and oxygen atoms in total. The topological polar surface area (TPSA) is 17.1 Å². The van der Waals surface area contributed by atoms with Gasteiger partial charge >= 0.3 is 0 Å². The van der Waals surface area contributed by atoms with E-state index in [1.807, 2.05) is 6.26 Å². The van der Waals surface area contributed by atoms with Gasteiger partial charge in [0.05, 0.1) is 5.25 Å². The van der Waals surface area contributed by atoms with Gasteiger partial charge in [-0.2, -0.15) is 11.8 Å². The van der Waals surface area contributed by atoms with E-state index in [1.54, 1.807) is 11.8 Å². The molecule has 1 aliphatic carbocycles. The van der Waals surface area contributed by atoms with Crippen molar-refractivity contribution in [3.63, 3.8) is 0 Å². The molecular formula is C8H14OS. The number of carbonyl (C=O) groups excluding carboxylic acids is 1. The minimum atomic E-state index is 0.322. The van der Waals surface area contributed by atoms with E-state index in [9.17, 15) is 4.79 Å². The molecule has 1 atom stereocenters. The molecule has 10 heavy (non-hydrogen) atoms. The van der Waals surface area contributed by atoms with Crippen LogP contribution < -0.4 is 0 Å². The highest BCUT2D eigenvalue weighted by atomic mass is 32.2. The van der Waals surface area contributed by atoms with Crippen molar-refractivity contribution < 1.29 is 4.79 Å². The van der Waals surface area contributed by atoms with Gasteiger partial charge in [-0.05, 0) is 19.1 Å². The van der Waals surface area contributed by atoms with Crippen LogP contribution in [0.25, 0.3) is 0 Å². The molecule has 0 N–H and O–H groups in total. The van der Waals surface area contributed by atoms with Gasteiger partial charge in [-0.15, -0.1) is 0 Å². The molecular weight excluding hydrogens is 144 g/mol. The zero-order valence-corrected chi connectivity index (χ0v) is 7.25. The second-order valence-corrected chi connectivity index (χ2v) is 3.83. The SMILES string of the molecule is CSC1CCCCCC1=O. The highest BCUT2D eigenvalue weighted by molar-refractivity contribution is 7.99. The summed E-state index contributed by atoms with van der Waals surface area (Å²) in [5.41, 5.74) is 0. The Bertz CT molecular complexity index is 122. The Kier molecular flexibility index (Phi) is 3.26. The second-order valence-electron chi connectivity index (χ2n) is 2.79. The number of hydrogen-bond acceptors (Lipinski definition) is 2. The van der Waals surface area contributed by atoms with Crippen LogP contribution in [0.2, 0.25) is 0 Å². The summed E-state index contributed by atoms with van der Waals surface area (Å²) in [6.07, 6.45) is 7.59. The summed E-state index contributed by atoms with van der Waals surface area (Å²) >= 11 is 1.72. The number of thioether (sulfide) groups is 1. The van der Waals surface area contributed by atoms with E-state index in [-0.39, 0.29) is 0 Å². The Balaban J connectivity index is 2.43. The van der Waals surface area contributed by atoms with Crippen molar-refractivity contribution in [1.29, 1.82) is 0 Å². The third-order valence-electron chi connectivity index (χ3n) is 2.03. The third-order valence-corrected chi connectivity index (χ3v) is 3.10. The number of ketones is 1. The molecule has 1 unspecified atom stereocenters. The van der Waals surface area contributed by atoms with Gasteiger partial charge in [0.25, 0.3) is 0 Å². The van der Waals surface area contributed by atoms with Crippen molar-refractivity contribution in [1.82, 2.24) is 0 Å². The molecule has 0 aliphatic heterocycles. The molecule has 0 aromatic heterocycles. The zero-order valence-electron chi connectivity index (χ0n) is 6.43. The lowest BCUT2D eigenvalue weighted by Crippen LogP contribution is -2.13. The van der Waals surface area contributed by atoms with Crippen LogP contribution in [0.3, 0.4) is 0 Å². The normalized spacial score (nSPS) is 28.1. The molecule has 1 fully saturated rings. The number of hydrogen-bond donors (Lipinski definition) is 0. The summed E-state index contributed by atoms with van der Waals surface area (Å²) in [7, 11) is 0. The summed E-state index contributed by atoms with van der Waals surface area (Å²) in [4.78, 5) is 11.2. The molecule has 0 spiro atoms. The van der Waals surface area contributed by atoms with Crippen LogP contribution in [0.1, 0.15) is 32.1 Å². The van der Waals surface area contributed by atoms with E-state index in [1.165, 1.54) is 12.8 Å².